The monoisotopic (exact) mass is 527 g/mol. The Labute approximate surface area is 204 Å². The first-order chi connectivity index (χ1) is 16.6. The molecule has 0 spiro atoms. The summed E-state index contributed by atoms with van der Waals surface area (Å²) in [6.07, 6.45) is -3.33. The van der Waals surface area contributed by atoms with E-state index in [9.17, 15) is 22.8 Å². The molecule has 0 aliphatic rings. The molecule has 0 atom stereocenters. The molecule has 0 fully saturated rings. The minimum atomic E-state index is -4.67. The quantitative estimate of drug-likeness (QED) is 0.301. The first-order valence-corrected chi connectivity index (χ1v) is 10.5. The summed E-state index contributed by atoms with van der Waals surface area (Å²) in [4.78, 5) is 28.8. The fourth-order valence-electron chi connectivity index (χ4n) is 3.30. The van der Waals surface area contributed by atoms with Gasteiger partial charge >= 0.3 is 12.3 Å². The number of amides is 2. The highest BCUT2D eigenvalue weighted by atomic mass is 35.5. The smallest absolute Gasteiger partial charge is 0.422 e. The number of fused-ring (bicyclic) bond motifs is 3. The predicted octanol–water partition coefficient (Wildman–Crippen LogP) is 6.66. The van der Waals surface area contributed by atoms with E-state index >= 15 is 0 Å². The number of furan rings is 1. The van der Waals surface area contributed by atoms with Crippen molar-refractivity contribution in [3.8, 4) is 5.75 Å². The first-order valence-electron chi connectivity index (χ1n) is 9.71. The molecule has 13 heteroatoms. The zero-order chi connectivity index (χ0) is 25.3. The van der Waals surface area contributed by atoms with Crippen LogP contribution in [0.25, 0.3) is 21.9 Å². The first kappa shape index (κ1) is 24.4. The SMILES string of the molecule is COc1ccc(C(=O)Nc2c(Cl)cncc2Cl)c2c1oc1ccc(NC(=O)OCC(F)(F)F)cc12. The van der Waals surface area contributed by atoms with Crippen LogP contribution >= 0.6 is 23.2 Å². The molecular weight excluding hydrogens is 514 g/mol. The molecule has 0 aliphatic carbocycles. The lowest BCUT2D eigenvalue weighted by Crippen LogP contribution is -2.23. The second-order valence-corrected chi connectivity index (χ2v) is 7.90. The normalized spacial score (nSPS) is 11.5. The molecule has 35 heavy (non-hydrogen) atoms. The third kappa shape index (κ3) is 5.20. The number of hydrogen-bond donors (Lipinski definition) is 2. The van der Waals surface area contributed by atoms with Gasteiger partial charge in [-0.25, -0.2) is 4.79 Å². The number of halogens is 5. The maximum absolute atomic E-state index is 13.2. The predicted molar refractivity (Wildman–Crippen MR) is 124 cm³/mol. The minimum Gasteiger partial charge on any atom is -0.493 e. The summed E-state index contributed by atoms with van der Waals surface area (Å²) >= 11 is 12.2. The highest BCUT2D eigenvalue weighted by molar-refractivity contribution is 6.40. The molecule has 8 nitrogen and oxygen atoms in total. The fraction of sp³-hybridized carbons (Fsp3) is 0.136. The molecule has 0 saturated carbocycles. The molecule has 4 aromatic rings. The highest BCUT2D eigenvalue weighted by Crippen LogP contribution is 2.39. The zero-order valence-corrected chi connectivity index (χ0v) is 19.1. The van der Waals surface area contributed by atoms with Crippen LogP contribution in [0, 0.1) is 0 Å². The van der Waals surface area contributed by atoms with E-state index < -0.39 is 24.8 Å². The molecule has 2 aromatic heterocycles. The maximum atomic E-state index is 13.2. The average molecular weight is 528 g/mol. The van der Waals surface area contributed by atoms with Gasteiger partial charge in [0.2, 0.25) is 0 Å². The summed E-state index contributed by atoms with van der Waals surface area (Å²) < 4.78 is 52.3. The van der Waals surface area contributed by atoms with Crippen molar-refractivity contribution in [2.24, 2.45) is 0 Å². The molecule has 0 saturated heterocycles. The van der Waals surface area contributed by atoms with Gasteiger partial charge in [-0.1, -0.05) is 23.2 Å². The van der Waals surface area contributed by atoms with E-state index in [-0.39, 0.29) is 32.6 Å². The molecule has 182 valence electrons. The van der Waals surface area contributed by atoms with Crippen LogP contribution in [0.15, 0.2) is 47.1 Å². The number of pyridine rings is 1. The third-order valence-electron chi connectivity index (χ3n) is 4.75. The molecule has 2 heterocycles. The van der Waals surface area contributed by atoms with Crippen LogP contribution in [0.1, 0.15) is 10.4 Å². The number of nitrogens with zero attached hydrogens (tertiary/aromatic N) is 1. The van der Waals surface area contributed by atoms with E-state index in [1.165, 1.54) is 49.8 Å². The Morgan fingerprint density at radius 3 is 2.46 bits per heavy atom. The summed E-state index contributed by atoms with van der Waals surface area (Å²) in [6.45, 7) is -1.74. The number of ether oxygens (including phenoxy) is 2. The van der Waals surface area contributed by atoms with Crippen LogP contribution in [0.4, 0.5) is 29.3 Å². The van der Waals surface area contributed by atoms with Crippen molar-refractivity contribution in [2.45, 2.75) is 6.18 Å². The van der Waals surface area contributed by atoms with Crippen LogP contribution in [0.5, 0.6) is 5.75 Å². The van der Waals surface area contributed by atoms with Crippen molar-refractivity contribution in [1.29, 1.82) is 0 Å². The lowest BCUT2D eigenvalue weighted by atomic mass is 10.0. The van der Waals surface area contributed by atoms with E-state index in [0.717, 1.165) is 0 Å². The van der Waals surface area contributed by atoms with Crippen LogP contribution < -0.4 is 15.4 Å². The van der Waals surface area contributed by atoms with E-state index in [0.29, 0.717) is 22.1 Å². The van der Waals surface area contributed by atoms with Gasteiger partial charge in [-0.2, -0.15) is 13.2 Å². The van der Waals surface area contributed by atoms with Crippen molar-refractivity contribution in [3.05, 3.63) is 58.3 Å². The molecular formula is C22H14Cl2F3N3O5. The number of anilines is 2. The van der Waals surface area contributed by atoms with Gasteiger partial charge in [0.15, 0.2) is 17.9 Å². The molecule has 2 N–H and O–H groups in total. The van der Waals surface area contributed by atoms with E-state index in [4.69, 9.17) is 32.4 Å². The summed E-state index contributed by atoms with van der Waals surface area (Å²) in [5.41, 5.74) is 0.980. The molecule has 4 rings (SSSR count). The van der Waals surface area contributed by atoms with Crippen LogP contribution in [0.3, 0.4) is 0 Å². The Balaban J connectivity index is 1.75. The fourth-order valence-corrected chi connectivity index (χ4v) is 3.76. The van der Waals surface area contributed by atoms with Gasteiger partial charge in [-0.3, -0.25) is 15.1 Å². The number of aromatic nitrogens is 1. The van der Waals surface area contributed by atoms with Gasteiger partial charge in [-0.05, 0) is 30.3 Å². The Morgan fingerprint density at radius 1 is 1.09 bits per heavy atom. The number of benzene rings is 2. The van der Waals surface area contributed by atoms with Crippen LogP contribution in [0.2, 0.25) is 10.0 Å². The minimum absolute atomic E-state index is 0.113. The maximum Gasteiger partial charge on any atom is 0.422 e. The number of carbonyl (C=O) groups excluding carboxylic acids is 2. The Kier molecular flexibility index (Phi) is 6.64. The number of alkyl halides is 3. The van der Waals surface area contributed by atoms with Crippen molar-refractivity contribution < 1.29 is 36.7 Å². The molecule has 0 radical (unpaired) electrons. The summed E-state index contributed by atoms with van der Waals surface area (Å²) in [5, 5.41) is 5.80. The number of rotatable bonds is 5. The van der Waals surface area contributed by atoms with Crippen molar-refractivity contribution in [1.82, 2.24) is 4.98 Å². The van der Waals surface area contributed by atoms with Crippen LogP contribution in [-0.4, -0.2) is 36.9 Å². The number of hydrogen-bond acceptors (Lipinski definition) is 6. The zero-order valence-electron chi connectivity index (χ0n) is 17.6. The van der Waals surface area contributed by atoms with Gasteiger partial charge in [0.25, 0.3) is 5.91 Å². The van der Waals surface area contributed by atoms with Gasteiger partial charge in [0.05, 0.1) is 28.4 Å². The van der Waals surface area contributed by atoms with Crippen molar-refractivity contribution in [3.63, 3.8) is 0 Å². The van der Waals surface area contributed by atoms with Crippen molar-refractivity contribution >= 4 is 68.5 Å². The molecule has 0 bridgehead atoms. The lowest BCUT2D eigenvalue weighted by molar-refractivity contribution is -0.159. The van der Waals surface area contributed by atoms with Gasteiger partial charge < -0.3 is 19.2 Å². The van der Waals surface area contributed by atoms with E-state index in [1.54, 1.807) is 0 Å². The molecule has 2 aromatic carbocycles. The topological polar surface area (TPSA) is 103 Å². The average Bonchev–Trinajstić information content (AvgIpc) is 3.18. The summed E-state index contributed by atoms with van der Waals surface area (Å²) in [5.74, 6) is -0.259. The highest BCUT2D eigenvalue weighted by Gasteiger charge is 2.29. The van der Waals surface area contributed by atoms with Gasteiger partial charge in [0.1, 0.15) is 5.58 Å². The largest absolute Gasteiger partial charge is 0.493 e. The Bertz CT molecular complexity index is 1440. The van der Waals surface area contributed by atoms with Gasteiger partial charge in [0, 0.05) is 28.9 Å². The number of carbonyl (C=O) groups is 2. The molecule has 0 aliphatic heterocycles. The third-order valence-corrected chi connectivity index (χ3v) is 5.33. The summed E-state index contributed by atoms with van der Waals surface area (Å²) in [7, 11) is 1.42. The van der Waals surface area contributed by atoms with Crippen LogP contribution in [-0.2, 0) is 4.74 Å². The second kappa shape index (κ2) is 9.51. The molecule has 0 unspecified atom stereocenters. The molecule has 2 amide bonds. The standard InChI is InChI=1S/C22H14Cl2F3N3O5/c1-33-16-5-3-11(20(31)30-18-13(23)7-28-8-14(18)24)17-12-6-10(2-4-15(12)35-19(16)17)29-21(32)34-9-22(25,26)27/h2-8H,9H2,1H3,(H,29,32)(H,28,30,31). The van der Waals surface area contributed by atoms with Gasteiger partial charge in [-0.15, -0.1) is 0 Å². The van der Waals surface area contributed by atoms with Crippen molar-refractivity contribution in [2.75, 3.05) is 24.4 Å². The Morgan fingerprint density at radius 2 is 1.80 bits per heavy atom. The summed E-state index contributed by atoms with van der Waals surface area (Å²) in [6, 6.07) is 7.34. The number of nitrogens with one attached hydrogen (secondary N) is 2. The van der Waals surface area contributed by atoms with E-state index in [1.807, 2.05) is 0 Å². The second-order valence-electron chi connectivity index (χ2n) is 7.08. The Hall–Kier alpha value is -3.70. The number of methoxy groups -OCH3 is 1. The lowest BCUT2D eigenvalue weighted by Gasteiger charge is -2.11. The van der Waals surface area contributed by atoms with E-state index in [2.05, 4.69) is 20.4 Å².